The molecule has 3 aliphatic rings. The second kappa shape index (κ2) is 8.44. The number of hydrazine groups is 1. The van der Waals surface area contributed by atoms with Gasteiger partial charge < -0.3 is 19.3 Å². The van der Waals surface area contributed by atoms with Gasteiger partial charge in [-0.15, -0.1) is 0 Å². The molecule has 0 aromatic rings. The van der Waals surface area contributed by atoms with E-state index in [-0.39, 0.29) is 25.9 Å². The molecule has 0 aliphatic carbocycles. The highest BCUT2D eigenvalue weighted by Gasteiger charge is 2.61. The quantitative estimate of drug-likeness (QED) is 0.428. The Bertz CT molecular complexity index is 566. The van der Waals surface area contributed by atoms with Crippen molar-refractivity contribution in [1.29, 1.82) is 0 Å². The van der Waals surface area contributed by atoms with Crippen molar-refractivity contribution in [1.82, 2.24) is 16.2 Å². The summed E-state index contributed by atoms with van der Waals surface area (Å²) in [5.41, 5.74) is 1.54. The maximum Gasteiger partial charge on any atom is 0.421 e. The maximum absolute atomic E-state index is 13.5. The third-order valence-electron chi connectivity index (χ3n) is 5.56. The number of aliphatic hydroxyl groups is 1. The zero-order chi connectivity index (χ0) is 21.4. The molecule has 3 fully saturated rings. The van der Waals surface area contributed by atoms with Crippen molar-refractivity contribution in [2.75, 3.05) is 13.2 Å². The SMILES string of the molecule is C[C@@H]1CCOCCC(O)(C(F)(F)F)C2NNC(O2)C2CCC(C(F)(F)F)C(N2)O1. The lowest BCUT2D eigenvalue weighted by atomic mass is 9.91. The average molecular weight is 437 g/mol. The highest BCUT2D eigenvalue weighted by molar-refractivity contribution is 4.98. The molecule has 3 saturated heterocycles. The van der Waals surface area contributed by atoms with Crippen LogP contribution in [-0.2, 0) is 14.2 Å². The Morgan fingerprint density at radius 2 is 1.66 bits per heavy atom. The number of ether oxygens (including phenoxy) is 3. The Hall–Kier alpha value is -0.700. The van der Waals surface area contributed by atoms with Crippen molar-refractivity contribution in [3.63, 3.8) is 0 Å². The molecule has 3 rings (SSSR count). The van der Waals surface area contributed by atoms with Crippen LogP contribution in [0.5, 0.6) is 0 Å². The molecule has 13 heteroatoms. The van der Waals surface area contributed by atoms with Gasteiger partial charge in [0, 0.05) is 19.6 Å². The van der Waals surface area contributed by atoms with E-state index in [2.05, 4.69) is 16.2 Å². The van der Waals surface area contributed by atoms with Gasteiger partial charge in [0.15, 0.2) is 6.23 Å². The fourth-order valence-corrected chi connectivity index (χ4v) is 3.75. The van der Waals surface area contributed by atoms with Gasteiger partial charge in [0.25, 0.3) is 0 Å². The smallest absolute Gasteiger partial charge is 0.381 e. The minimum Gasteiger partial charge on any atom is -0.381 e. The van der Waals surface area contributed by atoms with Crippen molar-refractivity contribution in [2.45, 2.75) is 81.4 Å². The Morgan fingerprint density at radius 3 is 2.31 bits per heavy atom. The number of alkyl halides is 6. The predicted molar refractivity (Wildman–Crippen MR) is 86.0 cm³/mol. The van der Waals surface area contributed by atoms with Crippen LogP contribution in [0.2, 0.25) is 0 Å². The van der Waals surface area contributed by atoms with Gasteiger partial charge in [-0.1, -0.05) is 0 Å². The van der Waals surface area contributed by atoms with Crippen molar-refractivity contribution in [3.05, 3.63) is 0 Å². The first-order valence-corrected chi connectivity index (χ1v) is 9.43. The van der Waals surface area contributed by atoms with Crippen LogP contribution in [0, 0.1) is 5.92 Å². The van der Waals surface area contributed by atoms with Gasteiger partial charge in [-0.3, -0.25) is 5.32 Å². The summed E-state index contributed by atoms with van der Waals surface area (Å²) >= 11 is 0. The van der Waals surface area contributed by atoms with E-state index in [4.69, 9.17) is 14.2 Å². The Labute approximate surface area is 163 Å². The molecule has 0 spiro atoms. The summed E-state index contributed by atoms with van der Waals surface area (Å²) in [5, 5.41) is 13.0. The van der Waals surface area contributed by atoms with Gasteiger partial charge in [0.2, 0.25) is 5.60 Å². The number of fused-ring (bicyclic) bond motifs is 5. The first kappa shape index (κ1) is 23.0. The van der Waals surface area contributed by atoms with E-state index in [0.717, 1.165) is 0 Å². The summed E-state index contributed by atoms with van der Waals surface area (Å²) in [6, 6.07) is -0.750. The van der Waals surface area contributed by atoms with E-state index < -0.39 is 67.7 Å². The van der Waals surface area contributed by atoms with E-state index in [1.54, 1.807) is 6.92 Å². The van der Waals surface area contributed by atoms with Crippen LogP contribution >= 0.6 is 0 Å². The van der Waals surface area contributed by atoms with E-state index in [1.807, 2.05) is 0 Å². The van der Waals surface area contributed by atoms with Gasteiger partial charge in [-0.05, 0) is 26.2 Å². The van der Waals surface area contributed by atoms with Crippen LogP contribution in [0.4, 0.5) is 26.3 Å². The number of piperidine rings is 1. The molecule has 4 bridgehead atoms. The fraction of sp³-hybridized carbons (Fsp3) is 1.00. The molecule has 29 heavy (non-hydrogen) atoms. The van der Waals surface area contributed by atoms with Crippen LogP contribution in [0.3, 0.4) is 0 Å². The number of rotatable bonds is 0. The summed E-state index contributed by atoms with van der Waals surface area (Å²) in [7, 11) is 0. The van der Waals surface area contributed by atoms with Crippen LogP contribution in [0.25, 0.3) is 0 Å². The highest BCUT2D eigenvalue weighted by atomic mass is 19.4. The lowest BCUT2D eigenvalue weighted by molar-refractivity contribution is -0.303. The number of halogens is 6. The van der Waals surface area contributed by atoms with E-state index in [0.29, 0.717) is 0 Å². The topological polar surface area (TPSA) is 84.0 Å². The molecule has 0 amide bonds. The predicted octanol–water partition coefficient (Wildman–Crippen LogP) is 1.53. The molecular weight excluding hydrogens is 412 g/mol. The average Bonchev–Trinajstić information content (AvgIpc) is 3.09. The summed E-state index contributed by atoms with van der Waals surface area (Å²) < 4.78 is 96.9. The molecule has 0 radical (unpaired) electrons. The minimum atomic E-state index is -5.01. The fourth-order valence-electron chi connectivity index (χ4n) is 3.75. The zero-order valence-electron chi connectivity index (χ0n) is 15.6. The number of hydrogen-bond acceptors (Lipinski definition) is 7. The van der Waals surface area contributed by atoms with Crippen LogP contribution in [0.1, 0.15) is 32.6 Å². The zero-order valence-corrected chi connectivity index (χ0v) is 15.6. The van der Waals surface area contributed by atoms with Crippen molar-refractivity contribution < 1.29 is 45.7 Å². The van der Waals surface area contributed by atoms with Crippen molar-refractivity contribution in [2.24, 2.45) is 5.92 Å². The number of hydrogen-bond donors (Lipinski definition) is 4. The van der Waals surface area contributed by atoms with Crippen molar-refractivity contribution >= 4 is 0 Å². The van der Waals surface area contributed by atoms with Crippen molar-refractivity contribution in [3.8, 4) is 0 Å². The Kier molecular flexibility index (Phi) is 6.69. The summed E-state index contributed by atoms with van der Waals surface area (Å²) in [4.78, 5) is 0. The van der Waals surface area contributed by atoms with Gasteiger partial charge in [0.1, 0.15) is 12.5 Å². The number of nitrogens with one attached hydrogen (secondary N) is 3. The molecule has 0 aromatic carbocycles. The molecule has 7 atom stereocenters. The normalized spacial score (nSPS) is 43.0. The van der Waals surface area contributed by atoms with Gasteiger partial charge in [0.05, 0.1) is 18.1 Å². The highest BCUT2D eigenvalue weighted by Crippen LogP contribution is 2.40. The third-order valence-corrected chi connectivity index (χ3v) is 5.56. The molecule has 170 valence electrons. The summed E-state index contributed by atoms with van der Waals surface area (Å²) in [5.74, 6) is -1.76. The maximum atomic E-state index is 13.5. The Morgan fingerprint density at radius 1 is 0.931 bits per heavy atom. The van der Waals surface area contributed by atoms with E-state index in [1.165, 1.54) is 0 Å². The standard InChI is InChI=1S/C16H25F6N3O4/c1-8-4-6-27-7-5-14(26,16(20,21)22)13-25-24-12(29-13)10-3-2-9(15(17,18)19)11(23-10)28-8/h8-13,23-26H,2-7H2,1H3/t8-,9?,10?,11?,12?,13?,14?/m1/s1. The van der Waals surface area contributed by atoms with E-state index in [9.17, 15) is 31.4 Å². The van der Waals surface area contributed by atoms with Gasteiger partial charge in [-0.25, -0.2) is 10.9 Å². The molecule has 0 aromatic heterocycles. The molecule has 7 nitrogen and oxygen atoms in total. The molecular formula is C16H25F6N3O4. The third kappa shape index (κ3) is 4.97. The second-order valence-corrected chi connectivity index (χ2v) is 7.66. The second-order valence-electron chi connectivity index (χ2n) is 7.66. The summed E-state index contributed by atoms with van der Waals surface area (Å²) in [6.45, 7) is 1.13. The lowest BCUT2D eigenvalue weighted by Gasteiger charge is -2.41. The lowest BCUT2D eigenvalue weighted by Crippen LogP contribution is -2.60. The van der Waals surface area contributed by atoms with Crippen LogP contribution in [0.15, 0.2) is 0 Å². The van der Waals surface area contributed by atoms with Gasteiger partial charge >= 0.3 is 12.4 Å². The van der Waals surface area contributed by atoms with Crippen LogP contribution < -0.4 is 16.2 Å². The monoisotopic (exact) mass is 437 g/mol. The molecule has 4 N–H and O–H groups in total. The van der Waals surface area contributed by atoms with E-state index >= 15 is 0 Å². The minimum absolute atomic E-state index is 0.00194. The largest absolute Gasteiger partial charge is 0.421 e. The van der Waals surface area contributed by atoms with Gasteiger partial charge in [-0.2, -0.15) is 26.3 Å². The molecule has 3 heterocycles. The molecule has 6 unspecified atom stereocenters. The van der Waals surface area contributed by atoms with Crippen LogP contribution in [-0.4, -0.2) is 67.1 Å². The molecule has 0 saturated carbocycles. The Balaban J connectivity index is 1.82. The first-order valence-electron chi connectivity index (χ1n) is 9.43. The summed E-state index contributed by atoms with van der Waals surface area (Å²) in [6.07, 6.45) is -15.3. The first-order chi connectivity index (χ1) is 13.4. The molecule has 3 aliphatic heterocycles.